The average molecular weight is 282 g/mol. The van der Waals surface area contributed by atoms with Gasteiger partial charge < -0.3 is 4.74 Å². The third-order valence-electron chi connectivity index (χ3n) is 4.70. The number of ether oxygens (including phenoxy) is 1. The van der Waals surface area contributed by atoms with Gasteiger partial charge >= 0.3 is 0 Å². The lowest BCUT2D eigenvalue weighted by Gasteiger charge is -2.18. The van der Waals surface area contributed by atoms with Crippen LogP contribution in [0.2, 0.25) is 0 Å². The van der Waals surface area contributed by atoms with Gasteiger partial charge in [0.15, 0.2) is 0 Å². The van der Waals surface area contributed by atoms with Crippen molar-refractivity contribution >= 4 is 10.9 Å². The zero-order valence-electron chi connectivity index (χ0n) is 12.9. The second-order valence-electron chi connectivity index (χ2n) is 6.58. The summed E-state index contributed by atoms with van der Waals surface area (Å²) in [5.74, 6) is 1.76. The van der Waals surface area contributed by atoms with E-state index in [-0.39, 0.29) is 0 Å². The number of rotatable bonds is 2. The maximum atomic E-state index is 5.93. The predicted octanol–water partition coefficient (Wildman–Crippen LogP) is 3.46. The lowest BCUT2D eigenvalue weighted by molar-refractivity contribution is 0.217. The molecule has 1 fully saturated rings. The Morgan fingerprint density at radius 3 is 2.86 bits per heavy atom. The molecule has 1 saturated carbocycles. The molecule has 4 rings (SSSR count). The molecule has 21 heavy (non-hydrogen) atoms. The summed E-state index contributed by atoms with van der Waals surface area (Å²) in [5, 5.41) is 1.27. The molecular weight excluding hydrogens is 260 g/mol. The van der Waals surface area contributed by atoms with E-state index >= 15 is 0 Å². The summed E-state index contributed by atoms with van der Waals surface area (Å²) in [7, 11) is 0. The van der Waals surface area contributed by atoms with E-state index in [1.807, 2.05) is 0 Å². The maximum Gasteiger partial charge on any atom is 0.218 e. The molecule has 3 nitrogen and oxygen atoms in total. The maximum absolute atomic E-state index is 5.93. The van der Waals surface area contributed by atoms with Crippen LogP contribution in [-0.4, -0.2) is 29.6 Å². The topological polar surface area (TPSA) is 25.4 Å². The summed E-state index contributed by atoms with van der Waals surface area (Å²) in [4.78, 5) is 7.35. The minimum atomic E-state index is 0.753. The van der Waals surface area contributed by atoms with Gasteiger partial charge in [-0.2, -0.15) is 0 Å². The second kappa shape index (κ2) is 4.99. The molecule has 3 heteroatoms. The number of aryl methyl sites for hydroxylation is 2. The van der Waals surface area contributed by atoms with Crippen molar-refractivity contribution in [3.63, 3.8) is 0 Å². The Balaban J connectivity index is 1.75. The first-order valence-corrected chi connectivity index (χ1v) is 7.96. The van der Waals surface area contributed by atoms with Gasteiger partial charge in [0.05, 0.1) is 5.52 Å². The highest BCUT2D eigenvalue weighted by molar-refractivity contribution is 5.86. The Morgan fingerprint density at radius 1 is 1.24 bits per heavy atom. The van der Waals surface area contributed by atoms with Crippen molar-refractivity contribution in [3.05, 3.63) is 34.9 Å². The van der Waals surface area contributed by atoms with Crippen LogP contribution in [0.25, 0.3) is 10.9 Å². The van der Waals surface area contributed by atoms with Gasteiger partial charge in [0, 0.05) is 30.6 Å². The largest absolute Gasteiger partial charge is 0.476 e. The van der Waals surface area contributed by atoms with Crippen LogP contribution in [-0.2, 0) is 6.54 Å². The first-order chi connectivity index (χ1) is 10.2. The van der Waals surface area contributed by atoms with E-state index in [1.165, 1.54) is 41.5 Å². The van der Waals surface area contributed by atoms with Crippen molar-refractivity contribution in [3.8, 4) is 5.88 Å². The van der Waals surface area contributed by atoms with E-state index in [1.54, 1.807) is 0 Å². The van der Waals surface area contributed by atoms with Crippen LogP contribution in [0.15, 0.2) is 18.2 Å². The highest BCUT2D eigenvalue weighted by Crippen LogP contribution is 2.33. The third-order valence-corrected chi connectivity index (χ3v) is 4.70. The molecule has 1 aromatic carbocycles. The smallest absolute Gasteiger partial charge is 0.218 e. The van der Waals surface area contributed by atoms with Crippen molar-refractivity contribution in [2.75, 3.05) is 19.7 Å². The quantitative estimate of drug-likeness (QED) is 0.843. The zero-order valence-corrected chi connectivity index (χ0v) is 12.9. The summed E-state index contributed by atoms with van der Waals surface area (Å²) in [6.07, 6.45) is 2.80. The first-order valence-electron chi connectivity index (χ1n) is 7.96. The molecule has 0 amide bonds. The molecule has 0 bridgehead atoms. The van der Waals surface area contributed by atoms with E-state index in [0.717, 1.165) is 37.0 Å². The standard InChI is InChI=1S/C18H22N2O/c1-12-3-4-13(2)17-16(12)9-15-11-20(10-14-5-6-14)7-8-21-18(15)19-17/h3-4,9,14H,5-8,10-11H2,1-2H3. The van der Waals surface area contributed by atoms with E-state index in [2.05, 4.69) is 36.9 Å². The summed E-state index contributed by atoms with van der Waals surface area (Å²) < 4.78 is 5.93. The Bertz CT molecular complexity index is 691. The number of pyridine rings is 1. The number of aromatic nitrogens is 1. The number of hydrogen-bond acceptors (Lipinski definition) is 3. The van der Waals surface area contributed by atoms with E-state index in [9.17, 15) is 0 Å². The third kappa shape index (κ3) is 2.51. The van der Waals surface area contributed by atoms with Gasteiger partial charge in [-0.3, -0.25) is 4.90 Å². The van der Waals surface area contributed by atoms with E-state index in [4.69, 9.17) is 9.72 Å². The van der Waals surface area contributed by atoms with Crippen LogP contribution < -0.4 is 4.74 Å². The highest BCUT2D eigenvalue weighted by Gasteiger charge is 2.26. The number of fused-ring (bicyclic) bond motifs is 2. The van der Waals surface area contributed by atoms with Gasteiger partial charge in [-0.25, -0.2) is 4.98 Å². The SMILES string of the molecule is Cc1ccc(C)c2nc3c(cc12)CN(CC1CC1)CCO3. The molecule has 1 aliphatic carbocycles. The van der Waals surface area contributed by atoms with Gasteiger partial charge in [-0.05, 0) is 49.8 Å². The van der Waals surface area contributed by atoms with Crippen LogP contribution in [0, 0.1) is 19.8 Å². The van der Waals surface area contributed by atoms with Crippen molar-refractivity contribution in [1.82, 2.24) is 9.88 Å². The predicted molar refractivity (Wildman–Crippen MR) is 84.7 cm³/mol. The molecule has 0 unspecified atom stereocenters. The van der Waals surface area contributed by atoms with Crippen molar-refractivity contribution in [2.24, 2.45) is 5.92 Å². The molecule has 0 N–H and O–H groups in total. The molecular formula is C18H22N2O. The zero-order chi connectivity index (χ0) is 14.4. The van der Waals surface area contributed by atoms with Gasteiger partial charge in [0.25, 0.3) is 0 Å². The lowest BCUT2D eigenvalue weighted by Crippen LogP contribution is -2.27. The first kappa shape index (κ1) is 13.1. The van der Waals surface area contributed by atoms with Gasteiger partial charge in [0.1, 0.15) is 6.61 Å². The average Bonchev–Trinajstić information content (AvgIpc) is 3.29. The molecule has 1 aromatic heterocycles. The van der Waals surface area contributed by atoms with Crippen LogP contribution in [0.1, 0.15) is 29.5 Å². The Kier molecular flexibility index (Phi) is 3.11. The summed E-state index contributed by atoms with van der Waals surface area (Å²) >= 11 is 0. The molecule has 0 spiro atoms. The highest BCUT2D eigenvalue weighted by atomic mass is 16.5. The van der Waals surface area contributed by atoms with Gasteiger partial charge in [-0.1, -0.05) is 12.1 Å². The molecule has 1 aliphatic heterocycles. The molecule has 0 radical (unpaired) electrons. The monoisotopic (exact) mass is 282 g/mol. The van der Waals surface area contributed by atoms with Crippen molar-refractivity contribution < 1.29 is 4.74 Å². The second-order valence-corrected chi connectivity index (χ2v) is 6.58. The molecule has 2 aliphatic rings. The van der Waals surface area contributed by atoms with E-state index in [0.29, 0.717) is 0 Å². The minimum absolute atomic E-state index is 0.753. The van der Waals surface area contributed by atoms with Crippen LogP contribution in [0.4, 0.5) is 0 Å². The van der Waals surface area contributed by atoms with Gasteiger partial charge in [0.2, 0.25) is 5.88 Å². The Hall–Kier alpha value is -1.61. The molecule has 2 aromatic rings. The fourth-order valence-corrected chi connectivity index (χ4v) is 3.21. The molecule has 0 saturated heterocycles. The van der Waals surface area contributed by atoms with Crippen LogP contribution in [0.3, 0.4) is 0 Å². The van der Waals surface area contributed by atoms with Gasteiger partial charge in [-0.15, -0.1) is 0 Å². The number of nitrogens with zero attached hydrogens (tertiary/aromatic N) is 2. The molecule has 110 valence electrons. The van der Waals surface area contributed by atoms with E-state index < -0.39 is 0 Å². The van der Waals surface area contributed by atoms with Crippen molar-refractivity contribution in [2.45, 2.75) is 33.2 Å². The summed E-state index contributed by atoms with van der Waals surface area (Å²) in [6, 6.07) is 6.63. The fraction of sp³-hybridized carbons (Fsp3) is 0.500. The summed E-state index contributed by atoms with van der Waals surface area (Å²) in [6.45, 7) is 8.24. The molecule has 0 atom stereocenters. The normalized spacial score (nSPS) is 19.1. The summed E-state index contributed by atoms with van der Waals surface area (Å²) in [5.41, 5.74) is 4.85. The Labute approximate surface area is 125 Å². The minimum Gasteiger partial charge on any atom is -0.476 e. The number of benzene rings is 1. The molecule has 2 heterocycles. The van der Waals surface area contributed by atoms with Crippen LogP contribution >= 0.6 is 0 Å². The lowest BCUT2D eigenvalue weighted by atomic mass is 10.0. The number of hydrogen-bond donors (Lipinski definition) is 0. The van der Waals surface area contributed by atoms with Crippen LogP contribution in [0.5, 0.6) is 5.88 Å². The Morgan fingerprint density at radius 2 is 2.05 bits per heavy atom. The fourth-order valence-electron chi connectivity index (χ4n) is 3.21. The van der Waals surface area contributed by atoms with Crippen molar-refractivity contribution in [1.29, 1.82) is 0 Å².